The number of benzene rings is 1. The van der Waals surface area contributed by atoms with Crippen molar-refractivity contribution in [1.82, 2.24) is 5.32 Å². The molecule has 1 unspecified atom stereocenters. The van der Waals surface area contributed by atoms with Gasteiger partial charge in [0.15, 0.2) is 11.6 Å². The maximum atomic E-state index is 14.5. The van der Waals surface area contributed by atoms with Crippen molar-refractivity contribution in [2.45, 2.75) is 13.0 Å². The first-order valence-corrected chi connectivity index (χ1v) is 8.61. The van der Waals surface area contributed by atoms with Crippen molar-refractivity contribution in [3.05, 3.63) is 46.4 Å². The number of cyclic esters (lactones) is 1. The summed E-state index contributed by atoms with van der Waals surface area (Å²) >= 11 is 1.44. The second-order valence-electron chi connectivity index (χ2n) is 5.94. The monoisotopic (exact) mass is 381 g/mol. The summed E-state index contributed by atoms with van der Waals surface area (Å²) in [6.07, 6.45) is 0.303. The molecule has 2 aliphatic heterocycles. The van der Waals surface area contributed by atoms with E-state index in [0.717, 1.165) is 26.8 Å². The molecule has 2 aliphatic rings. The molecule has 1 aromatic rings. The molecule has 2 amide bonds. The summed E-state index contributed by atoms with van der Waals surface area (Å²) in [5, 5.41) is 2.54. The van der Waals surface area contributed by atoms with Crippen molar-refractivity contribution in [3.8, 4) is 0 Å². The zero-order valence-corrected chi connectivity index (χ0v) is 15.0. The number of ether oxygens (including phenoxy) is 1. The largest absolute Gasteiger partial charge is 0.442 e. The lowest BCUT2D eigenvalue weighted by Gasteiger charge is -2.19. The molecule has 0 radical (unpaired) electrons. The molecule has 2 heterocycles. The SMILES string of the molecule is C=C1S/C1=C/N(C)c1c(F)cc(N2CC(CNC(C)=O)OC2=O)cc1F. The number of amides is 2. The molecule has 1 N–H and O–H groups in total. The number of hydrogen-bond acceptors (Lipinski definition) is 5. The van der Waals surface area contributed by atoms with Gasteiger partial charge in [-0.2, -0.15) is 0 Å². The highest BCUT2D eigenvalue weighted by Crippen LogP contribution is 2.49. The molecule has 2 saturated heterocycles. The Hall–Kier alpha value is -2.55. The first kappa shape index (κ1) is 18.2. The van der Waals surface area contributed by atoms with Crippen LogP contribution in [0, 0.1) is 11.6 Å². The van der Waals surface area contributed by atoms with Crippen molar-refractivity contribution < 1.29 is 23.1 Å². The van der Waals surface area contributed by atoms with Crippen LogP contribution in [0.3, 0.4) is 0 Å². The molecule has 138 valence electrons. The van der Waals surface area contributed by atoms with Gasteiger partial charge in [-0.05, 0) is 0 Å². The van der Waals surface area contributed by atoms with Gasteiger partial charge in [0.25, 0.3) is 0 Å². The van der Waals surface area contributed by atoms with Gasteiger partial charge in [0, 0.05) is 42.1 Å². The van der Waals surface area contributed by atoms with E-state index in [1.807, 2.05) is 0 Å². The maximum absolute atomic E-state index is 14.5. The zero-order valence-electron chi connectivity index (χ0n) is 14.2. The van der Waals surface area contributed by atoms with E-state index < -0.39 is 23.8 Å². The topological polar surface area (TPSA) is 61.9 Å². The molecule has 26 heavy (non-hydrogen) atoms. The highest BCUT2D eigenvalue weighted by Gasteiger charge is 2.33. The number of anilines is 2. The van der Waals surface area contributed by atoms with E-state index in [2.05, 4.69) is 11.9 Å². The first-order chi connectivity index (χ1) is 12.3. The minimum atomic E-state index is -0.797. The summed E-state index contributed by atoms with van der Waals surface area (Å²) in [4.78, 5) is 27.1. The van der Waals surface area contributed by atoms with Gasteiger partial charge in [-0.1, -0.05) is 18.3 Å². The van der Waals surface area contributed by atoms with Crippen LogP contribution in [0.15, 0.2) is 34.7 Å². The van der Waals surface area contributed by atoms with Crippen LogP contribution in [0.4, 0.5) is 25.0 Å². The van der Waals surface area contributed by atoms with Crippen LogP contribution in [0.5, 0.6) is 0 Å². The Morgan fingerprint density at radius 1 is 1.50 bits per heavy atom. The van der Waals surface area contributed by atoms with E-state index in [1.165, 1.54) is 30.6 Å². The third kappa shape index (κ3) is 3.82. The Bertz CT molecular complexity index is 804. The van der Waals surface area contributed by atoms with Gasteiger partial charge in [-0.15, -0.1) is 0 Å². The predicted molar refractivity (Wildman–Crippen MR) is 95.9 cm³/mol. The Kier molecular flexibility index (Phi) is 4.90. The quantitative estimate of drug-likeness (QED) is 0.795. The molecule has 1 aromatic carbocycles. The maximum Gasteiger partial charge on any atom is 0.414 e. The number of carbonyl (C=O) groups excluding carboxylic acids is 2. The molecule has 0 spiro atoms. The van der Waals surface area contributed by atoms with Crippen LogP contribution in [0.2, 0.25) is 0 Å². The van der Waals surface area contributed by atoms with Gasteiger partial charge in [-0.25, -0.2) is 13.6 Å². The van der Waals surface area contributed by atoms with Crippen LogP contribution < -0.4 is 15.1 Å². The fourth-order valence-electron chi connectivity index (χ4n) is 2.59. The average molecular weight is 381 g/mol. The lowest BCUT2D eigenvalue weighted by molar-refractivity contribution is -0.119. The van der Waals surface area contributed by atoms with E-state index in [1.54, 1.807) is 6.20 Å². The van der Waals surface area contributed by atoms with Gasteiger partial charge in [0.05, 0.1) is 18.8 Å². The van der Waals surface area contributed by atoms with E-state index in [-0.39, 0.29) is 30.4 Å². The summed E-state index contributed by atoms with van der Waals surface area (Å²) in [6, 6.07) is 2.18. The van der Waals surface area contributed by atoms with Crippen LogP contribution in [0.25, 0.3) is 0 Å². The van der Waals surface area contributed by atoms with Crippen LogP contribution >= 0.6 is 11.8 Å². The van der Waals surface area contributed by atoms with E-state index in [0.29, 0.717) is 0 Å². The number of hydrogen-bond donors (Lipinski definition) is 1. The number of halogens is 2. The number of nitrogens with one attached hydrogen (secondary N) is 1. The second-order valence-corrected chi connectivity index (χ2v) is 7.08. The van der Waals surface area contributed by atoms with Crippen molar-refractivity contribution in [2.24, 2.45) is 0 Å². The van der Waals surface area contributed by atoms with Crippen molar-refractivity contribution >= 4 is 35.1 Å². The molecule has 2 fully saturated rings. The third-order valence-corrected chi connectivity index (χ3v) is 4.73. The van der Waals surface area contributed by atoms with E-state index in [9.17, 15) is 18.4 Å². The summed E-state index contributed by atoms with van der Waals surface area (Å²) in [5.74, 6) is -1.85. The van der Waals surface area contributed by atoms with E-state index in [4.69, 9.17) is 4.74 Å². The minimum Gasteiger partial charge on any atom is -0.442 e. The molecule has 6 nitrogen and oxygen atoms in total. The Labute approximate surface area is 153 Å². The van der Waals surface area contributed by atoms with Crippen LogP contribution in [-0.4, -0.2) is 38.2 Å². The van der Waals surface area contributed by atoms with Gasteiger partial charge in [0.1, 0.15) is 11.8 Å². The summed E-state index contributed by atoms with van der Waals surface area (Å²) in [5.41, 5.74) is -0.158. The fraction of sp³-hybridized carbons (Fsp3) is 0.294. The first-order valence-electron chi connectivity index (χ1n) is 7.79. The lowest BCUT2D eigenvalue weighted by Crippen LogP contribution is -2.33. The van der Waals surface area contributed by atoms with Crippen LogP contribution in [-0.2, 0) is 9.53 Å². The standard InChI is InChI=1S/C17H17F2N3O3S/c1-9-15(26-9)8-21(3)16-13(18)4-11(5-14(16)19)22-7-12(25-17(22)24)6-20-10(2)23/h4-5,8,12H,1,6-7H2,2-3H3,(H,20,23)/b15-8+. The molecule has 0 bridgehead atoms. The van der Waals surface area contributed by atoms with Crippen molar-refractivity contribution in [1.29, 1.82) is 0 Å². The Morgan fingerprint density at radius 3 is 2.65 bits per heavy atom. The predicted octanol–water partition coefficient (Wildman–Crippen LogP) is 2.96. The molecular formula is C17H17F2N3O3S. The Morgan fingerprint density at radius 2 is 2.12 bits per heavy atom. The van der Waals surface area contributed by atoms with Gasteiger partial charge in [0.2, 0.25) is 5.91 Å². The van der Waals surface area contributed by atoms with Gasteiger partial charge < -0.3 is 15.0 Å². The van der Waals surface area contributed by atoms with Crippen molar-refractivity contribution in [3.63, 3.8) is 0 Å². The number of carbonyl (C=O) groups is 2. The fourth-order valence-corrected chi connectivity index (χ4v) is 3.07. The highest BCUT2D eigenvalue weighted by atomic mass is 32.2. The van der Waals surface area contributed by atoms with Gasteiger partial charge >= 0.3 is 6.09 Å². The lowest BCUT2D eigenvalue weighted by atomic mass is 10.2. The molecule has 3 rings (SSSR count). The molecule has 0 aliphatic carbocycles. The van der Waals surface area contributed by atoms with Crippen LogP contribution in [0.1, 0.15) is 6.92 Å². The number of thioether (sulfide) groups is 1. The normalized spacial score (nSPS) is 20.4. The molecular weight excluding hydrogens is 364 g/mol. The minimum absolute atomic E-state index is 0.0605. The summed E-state index contributed by atoms with van der Waals surface area (Å²) < 4.78 is 34.1. The Balaban J connectivity index is 1.78. The molecule has 9 heteroatoms. The van der Waals surface area contributed by atoms with E-state index >= 15 is 0 Å². The molecule has 0 saturated carbocycles. The smallest absolute Gasteiger partial charge is 0.414 e. The zero-order chi connectivity index (χ0) is 19.0. The van der Waals surface area contributed by atoms with Gasteiger partial charge in [-0.3, -0.25) is 9.69 Å². The number of rotatable bonds is 5. The van der Waals surface area contributed by atoms with Crippen molar-refractivity contribution in [2.75, 3.05) is 29.9 Å². The third-order valence-electron chi connectivity index (χ3n) is 3.90. The second kappa shape index (κ2) is 6.99. The number of nitrogens with zero attached hydrogens (tertiary/aromatic N) is 2. The highest BCUT2D eigenvalue weighted by molar-refractivity contribution is 8.16. The molecule has 1 atom stereocenters. The summed E-state index contributed by atoms with van der Waals surface area (Å²) in [7, 11) is 1.54. The average Bonchev–Trinajstić information content (AvgIpc) is 3.09. The molecule has 0 aromatic heterocycles. The summed E-state index contributed by atoms with van der Waals surface area (Å²) in [6.45, 7) is 5.32.